The molecule has 88 valence electrons. The highest BCUT2D eigenvalue weighted by Crippen LogP contribution is 2.16. The number of anilines is 1. The SMILES string of the molecule is CC1=CC(=NNc2ccc(C(=O)O)cc2)CC1. The highest BCUT2D eigenvalue weighted by Gasteiger charge is 2.06. The molecule has 2 N–H and O–H groups in total. The summed E-state index contributed by atoms with van der Waals surface area (Å²) in [5.41, 5.74) is 6.37. The summed E-state index contributed by atoms with van der Waals surface area (Å²) in [6, 6.07) is 6.53. The Morgan fingerprint density at radius 1 is 1.29 bits per heavy atom. The molecule has 0 saturated carbocycles. The predicted molar refractivity (Wildman–Crippen MR) is 67.5 cm³/mol. The van der Waals surface area contributed by atoms with Gasteiger partial charge in [0.2, 0.25) is 0 Å². The van der Waals surface area contributed by atoms with Crippen molar-refractivity contribution in [2.24, 2.45) is 5.10 Å². The average molecular weight is 230 g/mol. The van der Waals surface area contributed by atoms with Crippen LogP contribution in [0.1, 0.15) is 30.1 Å². The Kier molecular flexibility index (Phi) is 3.23. The number of hydrogen-bond acceptors (Lipinski definition) is 3. The highest BCUT2D eigenvalue weighted by atomic mass is 16.4. The van der Waals surface area contributed by atoms with Crippen LogP contribution in [0.2, 0.25) is 0 Å². The second-order valence-electron chi connectivity index (χ2n) is 4.09. The van der Waals surface area contributed by atoms with Gasteiger partial charge in [-0.1, -0.05) is 5.57 Å². The molecular formula is C13H14N2O2. The maximum Gasteiger partial charge on any atom is 0.335 e. The number of carbonyl (C=O) groups is 1. The number of hydrogen-bond donors (Lipinski definition) is 2. The lowest BCUT2D eigenvalue weighted by atomic mass is 10.2. The average Bonchev–Trinajstić information content (AvgIpc) is 2.73. The fourth-order valence-electron chi connectivity index (χ4n) is 1.67. The van der Waals surface area contributed by atoms with Gasteiger partial charge in [-0.2, -0.15) is 5.10 Å². The number of aromatic carboxylic acids is 1. The number of benzene rings is 1. The first-order valence-electron chi connectivity index (χ1n) is 5.48. The van der Waals surface area contributed by atoms with Gasteiger partial charge in [0, 0.05) is 0 Å². The third kappa shape index (κ3) is 2.93. The fourth-order valence-corrected chi connectivity index (χ4v) is 1.67. The first-order chi connectivity index (χ1) is 8.15. The van der Waals surface area contributed by atoms with Gasteiger partial charge >= 0.3 is 5.97 Å². The molecular weight excluding hydrogens is 216 g/mol. The zero-order chi connectivity index (χ0) is 12.3. The van der Waals surface area contributed by atoms with Crippen molar-refractivity contribution in [3.05, 3.63) is 41.5 Å². The molecule has 1 aliphatic rings. The summed E-state index contributed by atoms with van der Waals surface area (Å²) >= 11 is 0. The van der Waals surface area contributed by atoms with Crippen molar-refractivity contribution in [2.45, 2.75) is 19.8 Å². The molecule has 4 heteroatoms. The lowest BCUT2D eigenvalue weighted by molar-refractivity contribution is 0.0697. The van der Waals surface area contributed by atoms with Gasteiger partial charge in [-0.25, -0.2) is 4.79 Å². The lowest BCUT2D eigenvalue weighted by Crippen LogP contribution is -1.98. The first-order valence-corrected chi connectivity index (χ1v) is 5.48. The van der Waals surface area contributed by atoms with Gasteiger partial charge < -0.3 is 5.11 Å². The summed E-state index contributed by atoms with van der Waals surface area (Å²) in [4.78, 5) is 10.7. The summed E-state index contributed by atoms with van der Waals surface area (Å²) in [6.45, 7) is 2.09. The van der Waals surface area contributed by atoms with Crippen molar-refractivity contribution in [2.75, 3.05) is 5.43 Å². The topological polar surface area (TPSA) is 61.7 Å². The Hall–Kier alpha value is -2.10. The number of nitrogens with one attached hydrogen (secondary N) is 1. The monoisotopic (exact) mass is 230 g/mol. The molecule has 1 aromatic rings. The van der Waals surface area contributed by atoms with E-state index in [1.54, 1.807) is 24.3 Å². The van der Waals surface area contributed by atoms with E-state index in [0.717, 1.165) is 24.2 Å². The smallest absolute Gasteiger partial charge is 0.335 e. The van der Waals surface area contributed by atoms with Crippen molar-refractivity contribution in [1.29, 1.82) is 0 Å². The molecule has 0 aromatic heterocycles. The Bertz CT molecular complexity index is 487. The molecule has 0 aliphatic heterocycles. The first kappa shape index (κ1) is 11.4. The largest absolute Gasteiger partial charge is 0.478 e. The van der Waals surface area contributed by atoms with Gasteiger partial charge in [0.05, 0.1) is 17.0 Å². The van der Waals surface area contributed by atoms with Crippen molar-refractivity contribution in [3.63, 3.8) is 0 Å². The Morgan fingerprint density at radius 3 is 2.53 bits per heavy atom. The summed E-state index contributed by atoms with van der Waals surface area (Å²) in [5.74, 6) is -0.919. The minimum absolute atomic E-state index is 0.278. The van der Waals surface area contributed by atoms with Gasteiger partial charge in [0.15, 0.2) is 0 Å². The maximum absolute atomic E-state index is 10.7. The van der Waals surface area contributed by atoms with E-state index in [1.165, 1.54) is 5.57 Å². The summed E-state index contributed by atoms with van der Waals surface area (Å²) in [6.07, 6.45) is 4.10. The lowest BCUT2D eigenvalue weighted by Gasteiger charge is -2.01. The zero-order valence-electron chi connectivity index (χ0n) is 9.60. The zero-order valence-corrected chi connectivity index (χ0v) is 9.60. The number of carboxylic acid groups (broad SMARTS) is 1. The molecule has 17 heavy (non-hydrogen) atoms. The number of hydrazone groups is 1. The second-order valence-corrected chi connectivity index (χ2v) is 4.09. The second kappa shape index (κ2) is 4.82. The molecule has 0 saturated heterocycles. The van der Waals surface area contributed by atoms with Crippen LogP contribution in [-0.4, -0.2) is 16.8 Å². The molecule has 0 spiro atoms. The van der Waals surface area contributed by atoms with Crippen LogP contribution < -0.4 is 5.43 Å². The molecule has 1 aliphatic carbocycles. The fraction of sp³-hybridized carbons (Fsp3) is 0.231. The van der Waals surface area contributed by atoms with Crippen molar-refractivity contribution < 1.29 is 9.90 Å². The Labute approximate surface area is 99.7 Å². The molecule has 0 atom stereocenters. The quantitative estimate of drug-likeness (QED) is 0.785. The normalized spacial score (nSPS) is 17.0. The van der Waals surface area contributed by atoms with Crippen molar-refractivity contribution >= 4 is 17.4 Å². The van der Waals surface area contributed by atoms with Gasteiger partial charge in [-0.15, -0.1) is 0 Å². The number of allylic oxidation sites excluding steroid dienone is 2. The van der Waals surface area contributed by atoms with Crippen molar-refractivity contribution in [3.8, 4) is 0 Å². The van der Waals surface area contributed by atoms with Crippen LogP contribution in [0.5, 0.6) is 0 Å². The van der Waals surface area contributed by atoms with Crippen LogP contribution in [0.15, 0.2) is 41.0 Å². The third-order valence-electron chi connectivity index (χ3n) is 2.65. The summed E-state index contributed by atoms with van der Waals surface area (Å²) in [5, 5.41) is 13.0. The van der Waals surface area contributed by atoms with E-state index < -0.39 is 5.97 Å². The number of rotatable bonds is 3. The van der Waals surface area contributed by atoms with Crippen LogP contribution in [0.4, 0.5) is 5.69 Å². The van der Waals surface area contributed by atoms with Gasteiger partial charge in [0.1, 0.15) is 0 Å². The Morgan fingerprint density at radius 2 is 2.00 bits per heavy atom. The molecule has 0 unspecified atom stereocenters. The summed E-state index contributed by atoms with van der Waals surface area (Å²) in [7, 11) is 0. The molecule has 0 fully saturated rings. The molecule has 0 radical (unpaired) electrons. The minimum Gasteiger partial charge on any atom is -0.478 e. The van der Waals surface area contributed by atoms with Gasteiger partial charge in [-0.3, -0.25) is 5.43 Å². The molecule has 1 aromatic carbocycles. The van der Waals surface area contributed by atoms with E-state index in [1.807, 2.05) is 0 Å². The highest BCUT2D eigenvalue weighted by molar-refractivity contribution is 5.98. The third-order valence-corrected chi connectivity index (χ3v) is 2.65. The Balaban J connectivity index is 2.02. The summed E-state index contributed by atoms with van der Waals surface area (Å²) < 4.78 is 0. The van der Waals surface area contributed by atoms with Gasteiger partial charge in [0.25, 0.3) is 0 Å². The van der Waals surface area contributed by atoms with Gasteiger partial charge in [-0.05, 0) is 50.1 Å². The van der Waals surface area contributed by atoms with E-state index in [4.69, 9.17) is 5.11 Å². The van der Waals surface area contributed by atoms with Crippen LogP contribution >= 0.6 is 0 Å². The number of nitrogens with zero attached hydrogens (tertiary/aromatic N) is 1. The molecule has 0 bridgehead atoms. The standard InChI is InChI=1S/C13H14N2O2/c1-9-2-5-12(8-9)15-14-11-6-3-10(4-7-11)13(16)17/h3-4,6-8,14H,2,5H2,1H3,(H,16,17). The van der Waals surface area contributed by atoms with E-state index in [-0.39, 0.29) is 5.56 Å². The molecule has 0 heterocycles. The van der Waals surface area contributed by atoms with E-state index in [0.29, 0.717) is 0 Å². The number of carboxylic acids is 1. The van der Waals surface area contributed by atoms with Crippen molar-refractivity contribution in [1.82, 2.24) is 0 Å². The van der Waals surface area contributed by atoms with Crippen LogP contribution in [-0.2, 0) is 0 Å². The predicted octanol–water partition coefficient (Wildman–Crippen LogP) is 2.89. The maximum atomic E-state index is 10.7. The molecule has 4 nitrogen and oxygen atoms in total. The van der Waals surface area contributed by atoms with Crippen LogP contribution in [0, 0.1) is 0 Å². The van der Waals surface area contributed by atoms with E-state index in [2.05, 4.69) is 23.5 Å². The van der Waals surface area contributed by atoms with Crippen LogP contribution in [0.25, 0.3) is 0 Å². The van der Waals surface area contributed by atoms with Crippen LogP contribution in [0.3, 0.4) is 0 Å². The minimum atomic E-state index is -0.919. The van der Waals surface area contributed by atoms with E-state index in [9.17, 15) is 4.79 Å². The molecule has 0 amide bonds. The molecule has 2 rings (SSSR count). The van der Waals surface area contributed by atoms with E-state index >= 15 is 0 Å².